The third-order valence-corrected chi connectivity index (χ3v) is 3.77. The summed E-state index contributed by atoms with van der Waals surface area (Å²) in [6.45, 7) is 1.35. The monoisotopic (exact) mass is 375 g/mol. The van der Waals surface area contributed by atoms with Gasteiger partial charge in [-0.3, -0.25) is 9.59 Å². The van der Waals surface area contributed by atoms with Crippen molar-refractivity contribution in [3.63, 3.8) is 0 Å². The molecule has 0 spiro atoms. The average Bonchev–Trinajstić information content (AvgIpc) is 2.53. The molecular weight excluding hydrogens is 358 g/mol. The first kappa shape index (κ1) is 17.2. The fourth-order valence-electron chi connectivity index (χ4n) is 2.09. The summed E-state index contributed by atoms with van der Waals surface area (Å²) in [5, 5.41) is 2.72. The van der Waals surface area contributed by atoms with Crippen LogP contribution in [0.3, 0.4) is 0 Å². The highest BCUT2D eigenvalue weighted by molar-refractivity contribution is 9.10. The van der Waals surface area contributed by atoms with E-state index in [0.29, 0.717) is 12.2 Å². The number of Topliss-reactive ketones (excluding diaryl/α,β-unsaturated/α-hetero) is 1. The molecular formula is C18H18BrNO3. The van der Waals surface area contributed by atoms with E-state index in [1.54, 1.807) is 12.1 Å². The minimum Gasteiger partial charge on any atom is -0.484 e. The van der Waals surface area contributed by atoms with Gasteiger partial charge in [-0.1, -0.05) is 52.3 Å². The summed E-state index contributed by atoms with van der Waals surface area (Å²) < 4.78 is 6.30. The van der Waals surface area contributed by atoms with Crippen LogP contribution < -0.4 is 10.1 Å². The highest BCUT2D eigenvalue weighted by Gasteiger charge is 2.17. The van der Waals surface area contributed by atoms with Crippen molar-refractivity contribution < 1.29 is 14.3 Å². The van der Waals surface area contributed by atoms with Gasteiger partial charge in [0, 0.05) is 4.47 Å². The largest absolute Gasteiger partial charge is 0.484 e. The molecule has 120 valence electrons. The van der Waals surface area contributed by atoms with Gasteiger partial charge in [0.25, 0.3) is 5.91 Å². The number of ketones is 1. The van der Waals surface area contributed by atoms with E-state index in [1.165, 1.54) is 6.92 Å². The molecule has 2 aromatic carbocycles. The standard InChI is InChI=1S/C18H18BrNO3/c1-13(21)17(10-14-6-3-2-4-7-14)20-18(22)12-23-16-9-5-8-15(19)11-16/h2-9,11,17H,10,12H2,1H3,(H,20,22)/t17-/m1/s1. The molecule has 0 saturated heterocycles. The predicted molar refractivity (Wildman–Crippen MR) is 92.4 cm³/mol. The van der Waals surface area contributed by atoms with Gasteiger partial charge in [0.1, 0.15) is 5.75 Å². The fraction of sp³-hybridized carbons (Fsp3) is 0.222. The van der Waals surface area contributed by atoms with Crippen LogP contribution in [0.4, 0.5) is 0 Å². The molecule has 0 heterocycles. The maximum absolute atomic E-state index is 12.0. The summed E-state index contributed by atoms with van der Waals surface area (Å²) in [6.07, 6.45) is 0.471. The molecule has 1 amide bonds. The first-order valence-corrected chi connectivity index (χ1v) is 8.06. The molecule has 0 aliphatic carbocycles. The molecule has 5 heteroatoms. The van der Waals surface area contributed by atoms with E-state index in [0.717, 1.165) is 10.0 Å². The molecule has 0 aliphatic heterocycles. The summed E-state index contributed by atoms with van der Waals surface area (Å²) in [4.78, 5) is 23.7. The molecule has 0 aliphatic rings. The molecule has 0 bridgehead atoms. The molecule has 0 unspecified atom stereocenters. The minimum atomic E-state index is -0.545. The first-order valence-electron chi connectivity index (χ1n) is 7.26. The summed E-state index contributed by atoms with van der Waals surface area (Å²) in [5.41, 5.74) is 1.00. The van der Waals surface area contributed by atoms with Crippen molar-refractivity contribution in [1.82, 2.24) is 5.32 Å². The van der Waals surface area contributed by atoms with E-state index < -0.39 is 6.04 Å². The van der Waals surface area contributed by atoms with Crippen molar-refractivity contribution in [2.75, 3.05) is 6.61 Å². The second-order valence-electron chi connectivity index (χ2n) is 5.17. The summed E-state index contributed by atoms with van der Waals surface area (Å²) in [7, 11) is 0. The molecule has 2 rings (SSSR count). The smallest absolute Gasteiger partial charge is 0.258 e. The number of hydrogen-bond acceptors (Lipinski definition) is 3. The van der Waals surface area contributed by atoms with Gasteiger partial charge in [-0.15, -0.1) is 0 Å². The Morgan fingerprint density at radius 2 is 1.87 bits per heavy atom. The molecule has 0 aromatic heterocycles. The lowest BCUT2D eigenvalue weighted by Crippen LogP contribution is -2.43. The van der Waals surface area contributed by atoms with Gasteiger partial charge >= 0.3 is 0 Å². The van der Waals surface area contributed by atoms with Gasteiger partial charge in [0.15, 0.2) is 12.4 Å². The van der Waals surface area contributed by atoms with Crippen LogP contribution >= 0.6 is 15.9 Å². The molecule has 0 fully saturated rings. The van der Waals surface area contributed by atoms with Crippen LogP contribution in [0.2, 0.25) is 0 Å². The lowest BCUT2D eigenvalue weighted by molar-refractivity contribution is -0.128. The number of hydrogen-bond donors (Lipinski definition) is 1. The fourth-order valence-corrected chi connectivity index (χ4v) is 2.47. The number of carbonyl (C=O) groups excluding carboxylic acids is 2. The van der Waals surface area contributed by atoms with Gasteiger partial charge in [-0.05, 0) is 37.1 Å². The highest BCUT2D eigenvalue weighted by Crippen LogP contribution is 2.17. The van der Waals surface area contributed by atoms with E-state index in [4.69, 9.17) is 4.74 Å². The zero-order valence-electron chi connectivity index (χ0n) is 12.8. The number of halogens is 1. The molecule has 23 heavy (non-hydrogen) atoms. The van der Waals surface area contributed by atoms with Crippen LogP contribution in [-0.4, -0.2) is 24.3 Å². The summed E-state index contributed by atoms with van der Waals surface area (Å²) >= 11 is 3.34. The number of amides is 1. The Kier molecular flexibility index (Phi) is 6.35. The third-order valence-electron chi connectivity index (χ3n) is 3.27. The number of nitrogens with one attached hydrogen (secondary N) is 1. The SMILES string of the molecule is CC(=O)[C@@H](Cc1ccccc1)NC(=O)COc1cccc(Br)c1. The Hall–Kier alpha value is -2.14. The normalized spacial score (nSPS) is 11.6. The summed E-state index contributed by atoms with van der Waals surface area (Å²) in [5.74, 6) is 0.197. The maximum Gasteiger partial charge on any atom is 0.258 e. The van der Waals surface area contributed by atoms with E-state index in [1.807, 2.05) is 42.5 Å². The molecule has 1 N–H and O–H groups in total. The Balaban J connectivity index is 1.89. The lowest BCUT2D eigenvalue weighted by Gasteiger charge is -2.16. The van der Waals surface area contributed by atoms with Crippen molar-refractivity contribution in [2.24, 2.45) is 0 Å². The van der Waals surface area contributed by atoms with E-state index >= 15 is 0 Å². The molecule has 2 aromatic rings. The van der Waals surface area contributed by atoms with E-state index in [2.05, 4.69) is 21.2 Å². The maximum atomic E-state index is 12.0. The van der Waals surface area contributed by atoms with Gasteiger partial charge in [0.2, 0.25) is 0 Å². The quantitative estimate of drug-likeness (QED) is 0.808. The second kappa shape index (κ2) is 8.48. The van der Waals surface area contributed by atoms with Crippen LogP contribution in [-0.2, 0) is 16.0 Å². The van der Waals surface area contributed by atoms with Crippen molar-refractivity contribution in [3.05, 3.63) is 64.6 Å². The minimum absolute atomic E-state index is 0.0790. The van der Waals surface area contributed by atoms with Crippen LogP contribution in [0.1, 0.15) is 12.5 Å². The third kappa shape index (κ3) is 5.87. The molecule has 4 nitrogen and oxygen atoms in total. The number of carbonyl (C=O) groups is 2. The molecule has 0 saturated carbocycles. The number of rotatable bonds is 7. The number of ether oxygens (including phenoxy) is 1. The van der Waals surface area contributed by atoms with Gasteiger partial charge in [0.05, 0.1) is 6.04 Å². The molecule has 0 radical (unpaired) electrons. The van der Waals surface area contributed by atoms with E-state index in [9.17, 15) is 9.59 Å². The Labute approximate surface area is 144 Å². The van der Waals surface area contributed by atoms with Crippen molar-refractivity contribution in [3.8, 4) is 5.75 Å². The van der Waals surface area contributed by atoms with Crippen LogP contribution in [0.25, 0.3) is 0 Å². The zero-order valence-corrected chi connectivity index (χ0v) is 14.4. The van der Waals surface area contributed by atoms with Crippen molar-refractivity contribution in [1.29, 1.82) is 0 Å². The van der Waals surface area contributed by atoms with Crippen LogP contribution in [0.5, 0.6) is 5.75 Å². The van der Waals surface area contributed by atoms with Crippen LogP contribution in [0, 0.1) is 0 Å². The topological polar surface area (TPSA) is 55.4 Å². The van der Waals surface area contributed by atoms with Gasteiger partial charge in [-0.25, -0.2) is 0 Å². The predicted octanol–water partition coefficient (Wildman–Crippen LogP) is 3.14. The highest BCUT2D eigenvalue weighted by atomic mass is 79.9. The zero-order chi connectivity index (χ0) is 16.7. The second-order valence-corrected chi connectivity index (χ2v) is 6.08. The average molecular weight is 376 g/mol. The molecule has 1 atom stereocenters. The Bertz CT molecular complexity index is 673. The van der Waals surface area contributed by atoms with Gasteiger partial charge in [-0.2, -0.15) is 0 Å². The van der Waals surface area contributed by atoms with Crippen LogP contribution in [0.15, 0.2) is 59.1 Å². The summed E-state index contributed by atoms with van der Waals surface area (Å²) in [6, 6.07) is 16.3. The van der Waals surface area contributed by atoms with E-state index in [-0.39, 0.29) is 18.3 Å². The first-order chi connectivity index (χ1) is 11.0. The Morgan fingerprint density at radius 3 is 2.52 bits per heavy atom. The Morgan fingerprint density at radius 1 is 1.13 bits per heavy atom. The lowest BCUT2D eigenvalue weighted by atomic mass is 10.0. The number of benzene rings is 2. The van der Waals surface area contributed by atoms with Gasteiger partial charge < -0.3 is 10.1 Å². The van der Waals surface area contributed by atoms with Crippen molar-refractivity contribution >= 4 is 27.6 Å². The van der Waals surface area contributed by atoms with Crippen molar-refractivity contribution in [2.45, 2.75) is 19.4 Å².